The highest BCUT2D eigenvalue weighted by Crippen LogP contribution is 2.30. The molecule has 2 aliphatic rings. The molecule has 2 fully saturated rings. The molecule has 0 spiro atoms. The first-order valence-electron chi connectivity index (χ1n) is 10.0. The summed E-state index contributed by atoms with van der Waals surface area (Å²) in [6.45, 7) is 9.61. The maximum atomic E-state index is 9.39. The molecule has 2 aromatic rings. The van der Waals surface area contributed by atoms with Gasteiger partial charge in [0.25, 0.3) is 0 Å². The molecule has 3 heterocycles. The van der Waals surface area contributed by atoms with Gasteiger partial charge in [-0.05, 0) is 63.0 Å². The number of hydrogen-bond donors (Lipinski definition) is 0. The molecule has 2 saturated heterocycles. The number of ether oxygens (including phenoxy) is 1. The monoisotopic (exact) mass is 364 g/mol. The average molecular weight is 364 g/mol. The van der Waals surface area contributed by atoms with Gasteiger partial charge in [0.1, 0.15) is 6.07 Å². The molecule has 0 bridgehead atoms. The second-order valence-electron chi connectivity index (χ2n) is 8.10. The molecule has 0 amide bonds. The molecule has 0 unspecified atom stereocenters. The van der Waals surface area contributed by atoms with Gasteiger partial charge in [-0.25, -0.2) is 0 Å². The Labute approximate surface area is 161 Å². The number of hydrogen-bond acceptors (Lipinski definition) is 5. The van der Waals surface area contributed by atoms with Gasteiger partial charge < -0.3 is 14.5 Å². The molecule has 5 nitrogen and oxygen atoms in total. The number of morpholine rings is 1. The van der Waals surface area contributed by atoms with Gasteiger partial charge in [0.15, 0.2) is 0 Å². The van der Waals surface area contributed by atoms with Gasteiger partial charge >= 0.3 is 0 Å². The molecule has 0 N–H and O–H groups in total. The fourth-order valence-electron chi connectivity index (χ4n) is 4.40. The molecule has 5 heteroatoms. The van der Waals surface area contributed by atoms with E-state index in [9.17, 15) is 5.26 Å². The Balaban J connectivity index is 1.55. The van der Waals surface area contributed by atoms with Crippen molar-refractivity contribution in [2.24, 2.45) is 5.92 Å². The fraction of sp³-hybridized carbons (Fsp3) is 0.545. The van der Waals surface area contributed by atoms with Gasteiger partial charge in [-0.1, -0.05) is 6.92 Å². The summed E-state index contributed by atoms with van der Waals surface area (Å²) in [4.78, 5) is 9.43. The molecular weight excluding hydrogens is 336 g/mol. The van der Waals surface area contributed by atoms with Gasteiger partial charge in [-0.3, -0.25) is 4.98 Å². The third-order valence-corrected chi connectivity index (χ3v) is 5.87. The van der Waals surface area contributed by atoms with Crippen LogP contribution in [0.4, 0.5) is 5.69 Å². The molecule has 0 saturated carbocycles. The van der Waals surface area contributed by atoms with Crippen molar-refractivity contribution in [1.29, 1.82) is 5.26 Å². The lowest BCUT2D eigenvalue weighted by Crippen LogP contribution is -2.51. The zero-order chi connectivity index (χ0) is 18.8. The Morgan fingerprint density at radius 3 is 2.78 bits per heavy atom. The van der Waals surface area contributed by atoms with Gasteiger partial charge in [-0.15, -0.1) is 0 Å². The van der Waals surface area contributed by atoms with Crippen molar-refractivity contribution in [3.8, 4) is 6.07 Å². The Hall–Kier alpha value is -2.16. The van der Waals surface area contributed by atoms with E-state index in [4.69, 9.17) is 4.74 Å². The molecular formula is C22H28N4O. The zero-order valence-corrected chi connectivity index (χ0v) is 16.3. The number of benzene rings is 1. The van der Waals surface area contributed by atoms with Crippen LogP contribution in [-0.4, -0.2) is 54.8 Å². The van der Waals surface area contributed by atoms with Crippen LogP contribution in [0.1, 0.15) is 32.3 Å². The Morgan fingerprint density at radius 1 is 1.19 bits per heavy atom. The SMILES string of the molecule is CC1CCN(C[C@@H]2CN(c3ccc(C#N)c4ncccc34)C[C@@H](C)O2)CC1. The number of anilines is 1. The second kappa shape index (κ2) is 7.84. The predicted molar refractivity (Wildman–Crippen MR) is 108 cm³/mol. The van der Waals surface area contributed by atoms with E-state index in [-0.39, 0.29) is 12.2 Å². The zero-order valence-electron chi connectivity index (χ0n) is 16.3. The quantitative estimate of drug-likeness (QED) is 0.835. The molecule has 1 aromatic carbocycles. The van der Waals surface area contributed by atoms with E-state index in [0.29, 0.717) is 5.56 Å². The lowest BCUT2D eigenvalue weighted by atomic mass is 9.99. The van der Waals surface area contributed by atoms with E-state index in [1.807, 2.05) is 12.1 Å². The number of rotatable bonds is 3. The Bertz CT molecular complexity index is 838. The summed E-state index contributed by atoms with van der Waals surface area (Å²) in [6.07, 6.45) is 4.74. The fourth-order valence-corrected chi connectivity index (χ4v) is 4.40. The van der Waals surface area contributed by atoms with Crippen LogP contribution in [-0.2, 0) is 4.74 Å². The number of nitriles is 1. The summed E-state index contributed by atoms with van der Waals surface area (Å²) in [7, 11) is 0. The molecule has 2 atom stereocenters. The number of piperidine rings is 1. The van der Waals surface area contributed by atoms with Crippen LogP contribution in [0.15, 0.2) is 30.5 Å². The number of pyridine rings is 1. The van der Waals surface area contributed by atoms with Crippen LogP contribution in [0.2, 0.25) is 0 Å². The first-order valence-corrected chi connectivity index (χ1v) is 10.0. The highest BCUT2D eigenvalue weighted by molar-refractivity contribution is 5.95. The molecule has 27 heavy (non-hydrogen) atoms. The van der Waals surface area contributed by atoms with Crippen molar-refractivity contribution in [1.82, 2.24) is 9.88 Å². The van der Waals surface area contributed by atoms with Crippen molar-refractivity contribution >= 4 is 16.6 Å². The molecule has 2 aliphatic heterocycles. The van der Waals surface area contributed by atoms with Crippen molar-refractivity contribution in [2.75, 3.05) is 37.6 Å². The van der Waals surface area contributed by atoms with Gasteiger partial charge in [-0.2, -0.15) is 5.26 Å². The summed E-state index contributed by atoms with van der Waals surface area (Å²) in [5.41, 5.74) is 2.58. The van der Waals surface area contributed by atoms with Crippen LogP contribution < -0.4 is 4.90 Å². The minimum Gasteiger partial charge on any atom is -0.370 e. The van der Waals surface area contributed by atoms with E-state index in [1.54, 1.807) is 6.20 Å². The maximum Gasteiger partial charge on any atom is 0.101 e. The Morgan fingerprint density at radius 2 is 2.00 bits per heavy atom. The van der Waals surface area contributed by atoms with E-state index in [1.165, 1.54) is 25.9 Å². The van der Waals surface area contributed by atoms with E-state index in [2.05, 4.69) is 46.8 Å². The lowest BCUT2D eigenvalue weighted by molar-refractivity contribution is -0.0357. The topological polar surface area (TPSA) is 52.4 Å². The van der Waals surface area contributed by atoms with Crippen LogP contribution in [0.3, 0.4) is 0 Å². The van der Waals surface area contributed by atoms with Crippen LogP contribution in [0.5, 0.6) is 0 Å². The smallest absolute Gasteiger partial charge is 0.101 e. The largest absolute Gasteiger partial charge is 0.370 e. The van der Waals surface area contributed by atoms with E-state index in [0.717, 1.165) is 42.1 Å². The number of aromatic nitrogens is 1. The maximum absolute atomic E-state index is 9.39. The second-order valence-corrected chi connectivity index (χ2v) is 8.10. The minimum absolute atomic E-state index is 0.190. The number of fused-ring (bicyclic) bond motifs is 1. The lowest BCUT2D eigenvalue weighted by Gasteiger charge is -2.41. The molecule has 0 radical (unpaired) electrons. The van der Waals surface area contributed by atoms with Crippen LogP contribution in [0.25, 0.3) is 10.9 Å². The highest BCUT2D eigenvalue weighted by Gasteiger charge is 2.29. The van der Waals surface area contributed by atoms with Crippen LogP contribution >= 0.6 is 0 Å². The Kier molecular flexibility index (Phi) is 5.29. The van der Waals surface area contributed by atoms with Crippen LogP contribution in [0, 0.1) is 17.2 Å². The van der Waals surface area contributed by atoms with Crippen molar-refractivity contribution in [3.05, 3.63) is 36.0 Å². The van der Waals surface area contributed by atoms with Crippen molar-refractivity contribution in [2.45, 2.75) is 38.9 Å². The first kappa shape index (κ1) is 18.2. The third kappa shape index (κ3) is 3.92. The normalized spacial score (nSPS) is 24.9. The summed E-state index contributed by atoms with van der Waals surface area (Å²) in [6, 6.07) is 10.2. The highest BCUT2D eigenvalue weighted by atomic mass is 16.5. The molecule has 0 aliphatic carbocycles. The van der Waals surface area contributed by atoms with Gasteiger partial charge in [0, 0.05) is 36.9 Å². The standard InChI is InChI=1S/C22H28N4O/c1-16-7-10-25(11-8-16)14-19-15-26(13-17(2)27-19)21-6-5-18(12-23)22-20(21)4-3-9-24-22/h3-6,9,16-17,19H,7-8,10-11,13-15H2,1-2H3/t17-,19-/m1/s1. The summed E-state index contributed by atoms with van der Waals surface area (Å²) in [5, 5.41) is 10.4. The predicted octanol–water partition coefficient (Wildman–Crippen LogP) is 3.43. The molecule has 1 aromatic heterocycles. The summed E-state index contributed by atoms with van der Waals surface area (Å²) < 4.78 is 6.27. The van der Waals surface area contributed by atoms with Gasteiger partial charge in [0.05, 0.1) is 23.3 Å². The van der Waals surface area contributed by atoms with E-state index >= 15 is 0 Å². The average Bonchev–Trinajstić information content (AvgIpc) is 2.68. The summed E-state index contributed by atoms with van der Waals surface area (Å²) >= 11 is 0. The van der Waals surface area contributed by atoms with E-state index < -0.39 is 0 Å². The van der Waals surface area contributed by atoms with Crippen molar-refractivity contribution in [3.63, 3.8) is 0 Å². The molecule has 142 valence electrons. The number of nitrogens with zero attached hydrogens (tertiary/aromatic N) is 4. The number of likely N-dealkylation sites (tertiary alicyclic amines) is 1. The minimum atomic E-state index is 0.190. The van der Waals surface area contributed by atoms with Gasteiger partial charge in [0.2, 0.25) is 0 Å². The molecule has 4 rings (SSSR count). The summed E-state index contributed by atoms with van der Waals surface area (Å²) in [5.74, 6) is 0.849. The third-order valence-electron chi connectivity index (χ3n) is 5.87. The van der Waals surface area contributed by atoms with Crippen molar-refractivity contribution < 1.29 is 4.74 Å². The first-order chi connectivity index (χ1) is 13.1.